The van der Waals surface area contributed by atoms with E-state index in [1.807, 2.05) is 30.3 Å². The molecule has 0 aliphatic heterocycles. The van der Waals surface area contributed by atoms with Crippen LogP contribution in [0.2, 0.25) is 0 Å². The Kier molecular flexibility index (Phi) is 7.78. The molecule has 0 unspecified atom stereocenters. The first-order valence-electron chi connectivity index (χ1n) is 11.8. The van der Waals surface area contributed by atoms with Crippen molar-refractivity contribution in [3.63, 3.8) is 0 Å². The van der Waals surface area contributed by atoms with Crippen molar-refractivity contribution in [3.05, 3.63) is 83.9 Å². The number of nitrogens with zero attached hydrogens (tertiary/aromatic N) is 2. The summed E-state index contributed by atoms with van der Waals surface area (Å²) in [5, 5.41) is 12.0. The van der Waals surface area contributed by atoms with E-state index < -0.39 is 13.6 Å². The Labute approximate surface area is 215 Å². The van der Waals surface area contributed by atoms with Gasteiger partial charge in [0.15, 0.2) is 5.88 Å². The largest absolute Gasteiger partial charge is 0.494 e. The van der Waals surface area contributed by atoms with E-state index in [0.29, 0.717) is 38.9 Å². The van der Waals surface area contributed by atoms with Gasteiger partial charge in [-0.05, 0) is 56.3 Å². The van der Waals surface area contributed by atoms with E-state index in [0.717, 1.165) is 5.56 Å². The molecule has 0 atom stereocenters. The monoisotopic (exact) mass is 520 g/mol. The number of H-pyrrole nitrogens is 1. The fraction of sp³-hybridized carbons (Fsp3) is 0.185. The second-order valence-corrected chi connectivity index (χ2v) is 10.2. The molecule has 0 radical (unpaired) electrons. The van der Waals surface area contributed by atoms with E-state index in [1.165, 1.54) is 4.90 Å². The van der Waals surface area contributed by atoms with Gasteiger partial charge < -0.3 is 24.9 Å². The lowest BCUT2D eigenvalue weighted by Crippen LogP contribution is -2.31. The Hall–Kier alpha value is -3.91. The van der Waals surface area contributed by atoms with E-state index in [1.54, 1.807) is 63.4 Å². The smallest absolute Gasteiger partial charge is 0.361 e. The molecule has 0 spiro atoms. The van der Waals surface area contributed by atoms with Crippen LogP contribution in [0.4, 0.5) is 16.2 Å². The summed E-state index contributed by atoms with van der Waals surface area (Å²) < 4.78 is 24.5. The number of carbonyl (C=O) groups is 1. The highest BCUT2D eigenvalue weighted by atomic mass is 31.2. The van der Waals surface area contributed by atoms with Crippen LogP contribution >= 0.6 is 7.60 Å². The predicted octanol–water partition coefficient (Wildman–Crippen LogP) is 5.45. The van der Waals surface area contributed by atoms with Crippen LogP contribution in [0, 0.1) is 0 Å². The summed E-state index contributed by atoms with van der Waals surface area (Å²) in [5.41, 5.74) is 8.93. The van der Waals surface area contributed by atoms with Crippen LogP contribution in [-0.4, -0.2) is 42.1 Å². The number of aromatic amines is 1. The van der Waals surface area contributed by atoms with Gasteiger partial charge in [0.05, 0.1) is 35.5 Å². The Balaban J connectivity index is 1.90. The van der Waals surface area contributed by atoms with E-state index in [4.69, 9.17) is 19.8 Å². The summed E-state index contributed by atoms with van der Waals surface area (Å²) in [6.07, 6.45) is 0. The summed E-state index contributed by atoms with van der Waals surface area (Å²) >= 11 is 0. The first-order chi connectivity index (χ1) is 17.8. The lowest BCUT2D eigenvalue weighted by atomic mass is 10.0. The van der Waals surface area contributed by atoms with Crippen molar-refractivity contribution in [2.24, 2.45) is 10.7 Å². The summed E-state index contributed by atoms with van der Waals surface area (Å²) in [5.74, 6) is -0.0810. The van der Waals surface area contributed by atoms with Crippen molar-refractivity contribution in [2.75, 3.05) is 25.2 Å². The van der Waals surface area contributed by atoms with Crippen molar-refractivity contribution >= 4 is 46.9 Å². The predicted molar refractivity (Wildman–Crippen MR) is 147 cm³/mol. The zero-order chi connectivity index (χ0) is 26.6. The number of aliphatic imine (C=N–C) groups is 1. The van der Waals surface area contributed by atoms with Crippen LogP contribution in [0.15, 0.2) is 77.8 Å². The molecule has 0 bridgehead atoms. The quantitative estimate of drug-likeness (QED) is 0.200. The third kappa shape index (κ3) is 5.44. The molecular formula is C27H29N4O5P. The summed E-state index contributed by atoms with van der Waals surface area (Å²) in [7, 11) is -1.97. The van der Waals surface area contributed by atoms with Gasteiger partial charge in [0.2, 0.25) is 0 Å². The standard InChI is InChI=1S/C27H29N4O5P/c1-4-35-37(34,36-5-2)21-15-16-23-22(17-21)24(26(32)30-23)25(18-9-7-6-8-10-18)29-19-11-13-20(14-12-19)31(3)27(28)33/h6-17,30,32H,4-5H2,1-3H3,(H2,28,33). The van der Waals surface area contributed by atoms with Crippen LogP contribution in [-0.2, 0) is 13.6 Å². The number of hydrogen-bond acceptors (Lipinski definition) is 6. The van der Waals surface area contributed by atoms with Crippen LogP contribution in [0.5, 0.6) is 5.88 Å². The Bertz CT molecular complexity index is 1470. The zero-order valence-corrected chi connectivity index (χ0v) is 21.7. The number of nitrogens with two attached hydrogens (primary N) is 1. The number of primary amides is 1. The lowest BCUT2D eigenvalue weighted by Gasteiger charge is -2.17. The number of aromatic hydroxyl groups is 1. The fourth-order valence-electron chi connectivity index (χ4n) is 3.97. The number of carbonyl (C=O) groups excluding carboxylic acids is 1. The maximum atomic E-state index is 13.5. The molecule has 10 heteroatoms. The molecule has 0 fully saturated rings. The molecule has 0 aliphatic rings. The van der Waals surface area contributed by atoms with E-state index in [2.05, 4.69) is 4.98 Å². The molecular weight excluding hydrogens is 491 g/mol. The van der Waals surface area contributed by atoms with Gasteiger partial charge in [0.1, 0.15) is 0 Å². The fourth-order valence-corrected chi connectivity index (χ4v) is 5.57. The average Bonchev–Trinajstić information content (AvgIpc) is 3.22. The molecule has 4 aromatic rings. The topological polar surface area (TPSA) is 130 Å². The first kappa shape index (κ1) is 26.2. The number of anilines is 1. The van der Waals surface area contributed by atoms with Crippen LogP contribution in [0.25, 0.3) is 10.9 Å². The number of amides is 2. The molecule has 2 amide bonds. The van der Waals surface area contributed by atoms with Gasteiger partial charge in [-0.2, -0.15) is 0 Å². The van der Waals surface area contributed by atoms with E-state index >= 15 is 0 Å². The molecule has 3 aromatic carbocycles. The number of fused-ring (bicyclic) bond motifs is 1. The highest BCUT2D eigenvalue weighted by Crippen LogP contribution is 2.47. The molecule has 0 saturated heterocycles. The molecule has 9 nitrogen and oxygen atoms in total. The number of urea groups is 1. The second-order valence-electron chi connectivity index (χ2n) is 8.15. The molecule has 0 aliphatic carbocycles. The van der Waals surface area contributed by atoms with Gasteiger partial charge in [-0.15, -0.1) is 0 Å². The van der Waals surface area contributed by atoms with Gasteiger partial charge in [-0.25, -0.2) is 9.79 Å². The van der Waals surface area contributed by atoms with Gasteiger partial charge in [-0.1, -0.05) is 30.3 Å². The highest BCUT2D eigenvalue weighted by Gasteiger charge is 2.28. The number of hydrogen-bond donors (Lipinski definition) is 3. The zero-order valence-electron chi connectivity index (χ0n) is 20.8. The Morgan fingerprint density at radius 1 is 1.03 bits per heavy atom. The van der Waals surface area contributed by atoms with Crippen molar-refractivity contribution in [2.45, 2.75) is 13.8 Å². The maximum absolute atomic E-state index is 13.5. The van der Waals surface area contributed by atoms with E-state index in [-0.39, 0.29) is 19.1 Å². The molecule has 4 rings (SSSR count). The van der Waals surface area contributed by atoms with Crippen molar-refractivity contribution in [1.29, 1.82) is 0 Å². The van der Waals surface area contributed by atoms with Crippen LogP contribution in [0.1, 0.15) is 25.0 Å². The van der Waals surface area contributed by atoms with Gasteiger partial charge in [-0.3, -0.25) is 9.46 Å². The molecule has 37 heavy (non-hydrogen) atoms. The average molecular weight is 521 g/mol. The summed E-state index contributed by atoms with van der Waals surface area (Å²) in [6, 6.07) is 21.0. The number of benzene rings is 3. The molecule has 1 heterocycles. The highest BCUT2D eigenvalue weighted by molar-refractivity contribution is 7.62. The lowest BCUT2D eigenvalue weighted by molar-refractivity contribution is 0.230. The molecule has 1 aromatic heterocycles. The number of nitrogens with one attached hydrogen (secondary N) is 1. The Morgan fingerprint density at radius 2 is 1.68 bits per heavy atom. The normalized spacial score (nSPS) is 12.1. The van der Waals surface area contributed by atoms with Crippen molar-refractivity contribution in [3.8, 4) is 5.88 Å². The summed E-state index contributed by atoms with van der Waals surface area (Å²) in [6.45, 7) is 3.95. The van der Waals surface area contributed by atoms with Crippen molar-refractivity contribution in [1.82, 2.24) is 4.98 Å². The van der Waals surface area contributed by atoms with Gasteiger partial charge in [0.25, 0.3) is 0 Å². The first-order valence-corrected chi connectivity index (χ1v) is 13.3. The minimum atomic E-state index is -3.56. The number of rotatable bonds is 9. The second kappa shape index (κ2) is 11.0. The van der Waals surface area contributed by atoms with Crippen LogP contribution < -0.4 is 15.9 Å². The van der Waals surface area contributed by atoms with Crippen molar-refractivity contribution < 1.29 is 23.5 Å². The maximum Gasteiger partial charge on any atom is 0.361 e. The van der Waals surface area contributed by atoms with E-state index in [9.17, 15) is 14.5 Å². The molecule has 0 saturated carbocycles. The summed E-state index contributed by atoms with van der Waals surface area (Å²) in [4.78, 5) is 20.7. The minimum Gasteiger partial charge on any atom is -0.494 e. The van der Waals surface area contributed by atoms with Crippen LogP contribution in [0.3, 0.4) is 0 Å². The molecule has 192 valence electrons. The van der Waals surface area contributed by atoms with Gasteiger partial charge >= 0.3 is 13.6 Å². The third-order valence-electron chi connectivity index (χ3n) is 5.77. The minimum absolute atomic E-state index is 0.0810. The SMILES string of the molecule is CCOP(=O)(OCC)c1ccc2[nH]c(O)c(C(=Nc3ccc(N(C)C(N)=O)cc3)c3ccccc3)c2c1. The third-order valence-corrected chi connectivity index (χ3v) is 7.88. The Morgan fingerprint density at radius 3 is 2.27 bits per heavy atom. The van der Waals surface area contributed by atoms with Gasteiger partial charge in [0, 0.05) is 29.2 Å². The molecule has 4 N–H and O–H groups in total. The number of aromatic nitrogens is 1.